The molecular formula is C17H20FN3O. The van der Waals surface area contributed by atoms with E-state index < -0.39 is 5.91 Å². The van der Waals surface area contributed by atoms with Crippen molar-refractivity contribution < 1.29 is 9.18 Å². The van der Waals surface area contributed by atoms with Gasteiger partial charge in [-0.1, -0.05) is 19.3 Å². The maximum atomic E-state index is 12.8. The zero-order chi connectivity index (χ0) is 15.9. The van der Waals surface area contributed by atoms with Crippen LogP contribution in [0.2, 0.25) is 0 Å². The van der Waals surface area contributed by atoms with Crippen molar-refractivity contribution in [2.75, 3.05) is 12.4 Å². The zero-order valence-electron chi connectivity index (χ0n) is 12.7. The number of carbonyl (C=O) groups is 1. The number of rotatable bonds is 4. The lowest BCUT2D eigenvalue weighted by atomic mass is 9.94. The first-order valence-corrected chi connectivity index (χ1v) is 7.51. The Balaban J connectivity index is 2.03. The number of nitrogens with zero attached hydrogens (tertiary/aromatic N) is 2. The molecule has 2 rings (SSSR count). The smallest absolute Gasteiger partial charge is 0.267 e. The Bertz CT molecular complexity index is 583. The van der Waals surface area contributed by atoms with Crippen molar-refractivity contribution in [3.05, 3.63) is 41.9 Å². The highest BCUT2D eigenvalue weighted by Gasteiger charge is 2.18. The maximum Gasteiger partial charge on any atom is 0.267 e. The van der Waals surface area contributed by atoms with Crippen molar-refractivity contribution in [1.29, 1.82) is 5.26 Å². The molecule has 0 spiro atoms. The Labute approximate surface area is 130 Å². The molecule has 5 heteroatoms. The third kappa shape index (κ3) is 4.32. The molecule has 0 atom stereocenters. The zero-order valence-corrected chi connectivity index (χ0v) is 12.7. The molecule has 0 bridgehead atoms. The van der Waals surface area contributed by atoms with Gasteiger partial charge in [-0.2, -0.15) is 5.26 Å². The summed E-state index contributed by atoms with van der Waals surface area (Å²) in [7, 11) is 1.90. The van der Waals surface area contributed by atoms with Gasteiger partial charge in [-0.25, -0.2) is 4.39 Å². The highest BCUT2D eigenvalue weighted by Crippen LogP contribution is 2.22. The van der Waals surface area contributed by atoms with Crippen LogP contribution in [0.1, 0.15) is 32.1 Å². The fourth-order valence-electron chi connectivity index (χ4n) is 2.67. The van der Waals surface area contributed by atoms with Crippen LogP contribution in [0.3, 0.4) is 0 Å². The molecule has 0 radical (unpaired) electrons. The van der Waals surface area contributed by atoms with Crippen molar-refractivity contribution in [3.63, 3.8) is 0 Å². The van der Waals surface area contributed by atoms with Crippen molar-refractivity contribution in [2.45, 2.75) is 38.1 Å². The summed E-state index contributed by atoms with van der Waals surface area (Å²) in [5, 5.41) is 11.8. The first-order valence-electron chi connectivity index (χ1n) is 7.51. The second-order valence-corrected chi connectivity index (χ2v) is 5.57. The van der Waals surface area contributed by atoms with Gasteiger partial charge in [-0.15, -0.1) is 0 Å². The average Bonchev–Trinajstić information content (AvgIpc) is 2.55. The number of nitrogens with one attached hydrogen (secondary N) is 1. The molecule has 1 aliphatic carbocycles. The fourth-order valence-corrected chi connectivity index (χ4v) is 2.67. The quantitative estimate of drug-likeness (QED) is 0.684. The predicted octanol–water partition coefficient (Wildman–Crippen LogP) is 3.44. The molecular weight excluding hydrogens is 281 g/mol. The molecule has 1 aliphatic rings. The highest BCUT2D eigenvalue weighted by atomic mass is 19.1. The molecule has 1 saturated carbocycles. The number of anilines is 1. The lowest BCUT2D eigenvalue weighted by molar-refractivity contribution is -0.112. The van der Waals surface area contributed by atoms with Gasteiger partial charge in [0.25, 0.3) is 5.91 Å². The molecule has 0 saturated heterocycles. The van der Waals surface area contributed by atoms with E-state index in [0.29, 0.717) is 11.7 Å². The molecule has 1 fully saturated rings. The number of nitriles is 1. The standard InChI is InChI=1S/C17H20FN3O/c1-21(16-5-3-2-4-6-16)12-13(11-19)17(22)20-15-9-7-14(18)8-10-15/h7-10,12,16H,2-6H2,1H3,(H,20,22)/b13-12-. The summed E-state index contributed by atoms with van der Waals surface area (Å²) in [4.78, 5) is 14.1. The molecule has 116 valence electrons. The molecule has 0 aromatic heterocycles. The third-order valence-electron chi connectivity index (χ3n) is 3.95. The van der Waals surface area contributed by atoms with E-state index in [4.69, 9.17) is 0 Å². The number of hydrogen-bond donors (Lipinski definition) is 1. The van der Waals surface area contributed by atoms with Crippen LogP contribution in [0.5, 0.6) is 0 Å². The summed E-state index contributed by atoms with van der Waals surface area (Å²) in [5.41, 5.74) is 0.519. The minimum atomic E-state index is -0.475. The van der Waals surface area contributed by atoms with E-state index in [2.05, 4.69) is 5.32 Å². The van der Waals surface area contributed by atoms with Crippen LogP contribution in [0.25, 0.3) is 0 Å². The summed E-state index contributed by atoms with van der Waals surface area (Å²) in [6.07, 6.45) is 7.41. The van der Waals surface area contributed by atoms with Crippen molar-refractivity contribution in [2.24, 2.45) is 0 Å². The lowest BCUT2D eigenvalue weighted by Gasteiger charge is -2.30. The summed E-state index contributed by atoms with van der Waals surface area (Å²) >= 11 is 0. The van der Waals surface area contributed by atoms with Gasteiger partial charge in [0.2, 0.25) is 0 Å². The predicted molar refractivity (Wildman–Crippen MR) is 83.4 cm³/mol. The largest absolute Gasteiger partial charge is 0.376 e. The highest BCUT2D eigenvalue weighted by molar-refractivity contribution is 6.06. The van der Waals surface area contributed by atoms with Crippen LogP contribution in [0, 0.1) is 17.1 Å². The van der Waals surface area contributed by atoms with E-state index in [-0.39, 0.29) is 11.4 Å². The Kier molecular flexibility index (Phi) is 5.54. The molecule has 0 aliphatic heterocycles. The van der Waals surface area contributed by atoms with Crippen molar-refractivity contribution >= 4 is 11.6 Å². The number of amides is 1. The van der Waals surface area contributed by atoms with E-state index in [0.717, 1.165) is 12.8 Å². The van der Waals surface area contributed by atoms with Gasteiger partial charge >= 0.3 is 0 Å². The van der Waals surface area contributed by atoms with Crippen LogP contribution in [0.4, 0.5) is 10.1 Å². The monoisotopic (exact) mass is 301 g/mol. The van der Waals surface area contributed by atoms with Crippen LogP contribution in [0.15, 0.2) is 36.0 Å². The molecule has 22 heavy (non-hydrogen) atoms. The fraction of sp³-hybridized carbons (Fsp3) is 0.412. The molecule has 4 nitrogen and oxygen atoms in total. The Morgan fingerprint density at radius 2 is 1.95 bits per heavy atom. The van der Waals surface area contributed by atoms with Crippen LogP contribution < -0.4 is 5.32 Å². The third-order valence-corrected chi connectivity index (χ3v) is 3.95. The van der Waals surface area contributed by atoms with Crippen LogP contribution >= 0.6 is 0 Å². The van der Waals surface area contributed by atoms with Crippen molar-refractivity contribution in [3.8, 4) is 6.07 Å². The summed E-state index contributed by atoms with van der Waals surface area (Å²) in [5.74, 6) is -0.845. The van der Waals surface area contributed by atoms with Gasteiger partial charge in [-0.05, 0) is 37.1 Å². The molecule has 0 heterocycles. The molecule has 1 aromatic carbocycles. The van der Waals surface area contributed by atoms with E-state index in [1.807, 2.05) is 18.0 Å². The Morgan fingerprint density at radius 1 is 1.32 bits per heavy atom. The van der Waals surface area contributed by atoms with E-state index >= 15 is 0 Å². The molecule has 0 unspecified atom stereocenters. The summed E-state index contributed by atoms with van der Waals surface area (Å²) in [6, 6.07) is 7.78. The number of carbonyl (C=O) groups excluding carboxylic acids is 1. The maximum absolute atomic E-state index is 12.8. The van der Waals surface area contributed by atoms with E-state index in [1.165, 1.54) is 43.5 Å². The van der Waals surface area contributed by atoms with Gasteiger partial charge < -0.3 is 10.2 Å². The minimum Gasteiger partial charge on any atom is -0.376 e. The van der Waals surface area contributed by atoms with E-state index in [1.54, 1.807) is 6.20 Å². The molecule has 1 N–H and O–H groups in total. The SMILES string of the molecule is CN(/C=C(/C#N)C(=O)Nc1ccc(F)cc1)C1CCCCC1. The van der Waals surface area contributed by atoms with Gasteiger partial charge in [0.15, 0.2) is 0 Å². The second-order valence-electron chi connectivity index (χ2n) is 5.57. The Hall–Kier alpha value is -2.35. The summed E-state index contributed by atoms with van der Waals surface area (Å²) < 4.78 is 12.8. The van der Waals surface area contributed by atoms with Crippen LogP contribution in [-0.4, -0.2) is 23.9 Å². The molecule has 1 aromatic rings. The lowest BCUT2D eigenvalue weighted by Crippen LogP contribution is -2.30. The van der Waals surface area contributed by atoms with Crippen molar-refractivity contribution in [1.82, 2.24) is 4.90 Å². The van der Waals surface area contributed by atoms with Crippen LogP contribution in [-0.2, 0) is 4.79 Å². The first-order chi connectivity index (χ1) is 10.6. The van der Waals surface area contributed by atoms with Gasteiger partial charge in [0.1, 0.15) is 17.5 Å². The van der Waals surface area contributed by atoms with Gasteiger partial charge in [0.05, 0.1) is 0 Å². The first kappa shape index (κ1) is 16.0. The second kappa shape index (κ2) is 7.60. The minimum absolute atomic E-state index is 0.0531. The number of halogens is 1. The average molecular weight is 301 g/mol. The molecule has 1 amide bonds. The topological polar surface area (TPSA) is 56.1 Å². The van der Waals surface area contributed by atoms with E-state index in [9.17, 15) is 14.4 Å². The number of benzene rings is 1. The van der Waals surface area contributed by atoms with Gasteiger partial charge in [-0.3, -0.25) is 4.79 Å². The number of hydrogen-bond acceptors (Lipinski definition) is 3. The summed E-state index contributed by atoms with van der Waals surface area (Å²) in [6.45, 7) is 0. The normalized spacial score (nSPS) is 16.0. The Morgan fingerprint density at radius 3 is 2.55 bits per heavy atom. The van der Waals surface area contributed by atoms with Gasteiger partial charge in [0, 0.05) is 25.0 Å².